The van der Waals surface area contributed by atoms with Crippen molar-refractivity contribution in [2.24, 2.45) is 0 Å². The Morgan fingerprint density at radius 2 is 1.79 bits per heavy atom. The van der Waals surface area contributed by atoms with Gasteiger partial charge in [0.05, 0.1) is 11.9 Å². The van der Waals surface area contributed by atoms with Crippen LogP contribution in [-0.2, 0) is 6.42 Å². The average molecular weight is 395 g/mol. The van der Waals surface area contributed by atoms with Crippen molar-refractivity contribution in [3.8, 4) is 0 Å². The molecular weight excluding hydrogens is 364 g/mol. The van der Waals surface area contributed by atoms with E-state index in [4.69, 9.17) is 0 Å². The lowest BCUT2D eigenvalue weighted by Gasteiger charge is -2.32. The number of piperidine rings is 1. The van der Waals surface area contributed by atoms with E-state index in [1.165, 1.54) is 18.4 Å². The number of carbonyl (C=O) groups excluding carboxylic acids is 1. The van der Waals surface area contributed by atoms with Gasteiger partial charge in [-0.2, -0.15) is 0 Å². The fraction of sp³-hybridized carbons (Fsp3) is 0.500. The minimum Gasteiger partial charge on any atom is -0.357 e. The molecule has 2 saturated heterocycles. The van der Waals surface area contributed by atoms with Crippen molar-refractivity contribution in [3.63, 3.8) is 0 Å². The molecule has 2 N–H and O–H groups in total. The Hall–Kier alpha value is -2.67. The number of carbonyl (C=O) groups is 1. The summed E-state index contributed by atoms with van der Waals surface area (Å²) in [7, 11) is 0. The van der Waals surface area contributed by atoms with Gasteiger partial charge in [-0.3, -0.25) is 4.98 Å². The van der Waals surface area contributed by atoms with Gasteiger partial charge in [0.2, 0.25) is 0 Å². The van der Waals surface area contributed by atoms with Crippen LogP contribution in [0.3, 0.4) is 0 Å². The van der Waals surface area contributed by atoms with Crippen LogP contribution in [0.1, 0.15) is 31.2 Å². The van der Waals surface area contributed by atoms with E-state index in [9.17, 15) is 4.79 Å². The molecule has 4 heterocycles. The van der Waals surface area contributed by atoms with E-state index in [1.807, 2.05) is 24.5 Å². The summed E-state index contributed by atoms with van der Waals surface area (Å²) in [6.07, 6.45) is 10.9. The topological polar surface area (TPSA) is 73.4 Å². The number of nitrogens with one attached hydrogen (secondary N) is 2. The van der Waals surface area contributed by atoms with Gasteiger partial charge in [-0.25, -0.2) is 9.78 Å². The molecule has 154 valence electrons. The summed E-state index contributed by atoms with van der Waals surface area (Å²) < 4.78 is 0. The van der Waals surface area contributed by atoms with E-state index >= 15 is 0 Å². The van der Waals surface area contributed by atoms with Crippen LogP contribution in [0.5, 0.6) is 0 Å². The van der Waals surface area contributed by atoms with E-state index in [-0.39, 0.29) is 12.1 Å². The van der Waals surface area contributed by atoms with Crippen molar-refractivity contribution in [2.75, 3.05) is 42.9 Å². The summed E-state index contributed by atoms with van der Waals surface area (Å²) in [4.78, 5) is 25.6. The number of aromatic nitrogens is 2. The normalized spacial score (nSPS) is 18.0. The number of hydrogen-bond acceptors (Lipinski definition) is 5. The third kappa shape index (κ3) is 5.67. The van der Waals surface area contributed by atoms with E-state index in [1.54, 1.807) is 6.20 Å². The largest absolute Gasteiger partial charge is 0.357 e. The Morgan fingerprint density at radius 1 is 1.03 bits per heavy atom. The molecule has 7 heteroatoms. The smallest absolute Gasteiger partial charge is 0.319 e. The van der Waals surface area contributed by atoms with Crippen LogP contribution >= 0.6 is 0 Å². The molecule has 0 atom stereocenters. The minimum absolute atomic E-state index is 0.143. The molecule has 0 bridgehead atoms. The van der Waals surface area contributed by atoms with Crippen molar-refractivity contribution < 1.29 is 4.79 Å². The molecule has 2 amide bonds. The SMILES string of the molecule is O=C(Nc1ccc(N2CCCC2)nc1)NC1CCN(CCc2ccncc2)CC1. The van der Waals surface area contributed by atoms with Gasteiger partial charge in [-0.15, -0.1) is 0 Å². The summed E-state index contributed by atoms with van der Waals surface area (Å²) in [6.45, 7) is 5.23. The second-order valence-electron chi connectivity index (χ2n) is 7.92. The van der Waals surface area contributed by atoms with Crippen molar-refractivity contribution >= 4 is 17.5 Å². The fourth-order valence-corrected chi connectivity index (χ4v) is 4.08. The Morgan fingerprint density at radius 3 is 2.48 bits per heavy atom. The molecular formula is C22H30N6O. The van der Waals surface area contributed by atoms with Crippen LogP contribution in [0.2, 0.25) is 0 Å². The Labute approximate surface area is 172 Å². The molecule has 2 fully saturated rings. The molecule has 2 aliphatic rings. The zero-order chi connectivity index (χ0) is 19.9. The maximum Gasteiger partial charge on any atom is 0.319 e. The maximum absolute atomic E-state index is 12.3. The van der Waals surface area contributed by atoms with Crippen LogP contribution in [0.15, 0.2) is 42.9 Å². The molecule has 0 unspecified atom stereocenters. The first kappa shape index (κ1) is 19.6. The lowest BCUT2D eigenvalue weighted by atomic mass is 10.0. The zero-order valence-corrected chi connectivity index (χ0v) is 16.9. The number of anilines is 2. The molecule has 2 aliphatic heterocycles. The Kier molecular flexibility index (Phi) is 6.56. The van der Waals surface area contributed by atoms with Crippen molar-refractivity contribution in [2.45, 2.75) is 38.1 Å². The highest BCUT2D eigenvalue weighted by Gasteiger charge is 2.20. The highest BCUT2D eigenvalue weighted by Crippen LogP contribution is 2.19. The van der Waals surface area contributed by atoms with E-state index < -0.39 is 0 Å². The quantitative estimate of drug-likeness (QED) is 0.788. The number of nitrogens with zero attached hydrogens (tertiary/aromatic N) is 4. The summed E-state index contributed by atoms with van der Waals surface area (Å²) in [5.74, 6) is 0.993. The van der Waals surface area contributed by atoms with Crippen LogP contribution in [0, 0.1) is 0 Å². The molecule has 7 nitrogen and oxygen atoms in total. The number of urea groups is 1. The second-order valence-corrected chi connectivity index (χ2v) is 7.92. The molecule has 4 rings (SSSR count). The van der Waals surface area contributed by atoms with E-state index in [0.717, 1.165) is 63.5 Å². The van der Waals surface area contributed by atoms with Gasteiger partial charge in [0.1, 0.15) is 5.82 Å². The first-order valence-corrected chi connectivity index (χ1v) is 10.7. The van der Waals surface area contributed by atoms with Crippen LogP contribution in [0.4, 0.5) is 16.3 Å². The van der Waals surface area contributed by atoms with E-state index in [0.29, 0.717) is 0 Å². The van der Waals surface area contributed by atoms with Gasteiger partial charge in [0.25, 0.3) is 0 Å². The van der Waals surface area contributed by atoms with Gasteiger partial charge in [0.15, 0.2) is 0 Å². The molecule has 0 spiro atoms. The minimum atomic E-state index is -0.143. The number of likely N-dealkylation sites (tertiary alicyclic amines) is 1. The lowest BCUT2D eigenvalue weighted by Crippen LogP contribution is -2.46. The summed E-state index contributed by atoms with van der Waals surface area (Å²) in [6, 6.07) is 8.15. The van der Waals surface area contributed by atoms with Gasteiger partial charge in [-0.05, 0) is 61.9 Å². The number of amides is 2. The molecule has 29 heavy (non-hydrogen) atoms. The van der Waals surface area contributed by atoms with Crippen LogP contribution in [0.25, 0.3) is 0 Å². The third-order valence-corrected chi connectivity index (χ3v) is 5.82. The second kappa shape index (κ2) is 9.69. The summed E-state index contributed by atoms with van der Waals surface area (Å²) >= 11 is 0. The monoisotopic (exact) mass is 394 g/mol. The molecule has 0 aliphatic carbocycles. The first-order valence-electron chi connectivity index (χ1n) is 10.7. The molecule has 0 aromatic carbocycles. The predicted octanol–water partition coefficient (Wildman–Crippen LogP) is 2.91. The Balaban J connectivity index is 1.17. The maximum atomic E-state index is 12.3. The predicted molar refractivity (Wildman–Crippen MR) is 115 cm³/mol. The Bertz CT molecular complexity index is 768. The highest BCUT2D eigenvalue weighted by molar-refractivity contribution is 5.89. The van der Waals surface area contributed by atoms with Crippen LogP contribution < -0.4 is 15.5 Å². The average Bonchev–Trinajstić information content (AvgIpc) is 3.29. The summed E-state index contributed by atoms with van der Waals surface area (Å²) in [5.41, 5.74) is 2.06. The third-order valence-electron chi connectivity index (χ3n) is 5.82. The lowest BCUT2D eigenvalue weighted by molar-refractivity contribution is 0.197. The van der Waals surface area contributed by atoms with Gasteiger partial charge in [0, 0.05) is 51.2 Å². The van der Waals surface area contributed by atoms with Crippen molar-refractivity contribution in [3.05, 3.63) is 48.4 Å². The van der Waals surface area contributed by atoms with Gasteiger partial charge in [-0.1, -0.05) is 0 Å². The van der Waals surface area contributed by atoms with Gasteiger partial charge >= 0.3 is 6.03 Å². The fourth-order valence-electron chi connectivity index (χ4n) is 4.08. The number of rotatable bonds is 6. The number of hydrogen-bond donors (Lipinski definition) is 2. The molecule has 0 saturated carbocycles. The zero-order valence-electron chi connectivity index (χ0n) is 16.9. The van der Waals surface area contributed by atoms with Crippen molar-refractivity contribution in [1.82, 2.24) is 20.2 Å². The highest BCUT2D eigenvalue weighted by atomic mass is 16.2. The molecule has 2 aromatic rings. The van der Waals surface area contributed by atoms with E-state index in [2.05, 4.69) is 42.5 Å². The van der Waals surface area contributed by atoms with Gasteiger partial charge < -0.3 is 20.4 Å². The van der Waals surface area contributed by atoms with Crippen molar-refractivity contribution in [1.29, 1.82) is 0 Å². The molecule has 0 radical (unpaired) electrons. The summed E-state index contributed by atoms with van der Waals surface area (Å²) in [5, 5.41) is 6.02. The van der Waals surface area contributed by atoms with Crippen LogP contribution in [-0.4, -0.2) is 59.7 Å². The number of pyridine rings is 2. The first-order chi connectivity index (χ1) is 14.3. The standard InChI is InChI=1S/C22H30N6O/c29-22(26-20-3-4-21(24-17-20)28-12-1-2-13-28)25-19-8-15-27(16-9-19)14-7-18-5-10-23-11-6-18/h3-6,10-11,17,19H,1-2,7-9,12-16H2,(H2,25,26,29). The molecule has 2 aromatic heterocycles.